The molecule has 7 nitrogen and oxygen atoms in total. The second kappa shape index (κ2) is 11.6. The molecule has 1 saturated carbocycles. The SMILES string of the molecule is CCc1cc2c(cc1SC(CC(CC)CCNS(=O)(=O)C1CC1)=NC1C(C)=NCN=C1N)CCC2. The summed E-state index contributed by atoms with van der Waals surface area (Å²) in [6.45, 7) is 7.19. The average Bonchev–Trinajstić information content (AvgIpc) is 3.60. The first-order valence-electron chi connectivity index (χ1n) is 13.0. The summed E-state index contributed by atoms with van der Waals surface area (Å²) in [6, 6.07) is 4.43. The van der Waals surface area contributed by atoms with E-state index in [1.807, 2.05) is 6.92 Å². The third-order valence-corrected chi connectivity index (χ3v) is 10.3. The van der Waals surface area contributed by atoms with Gasteiger partial charge >= 0.3 is 0 Å². The first-order valence-corrected chi connectivity index (χ1v) is 15.3. The van der Waals surface area contributed by atoms with Crippen LogP contribution < -0.4 is 10.5 Å². The van der Waals surface area contributed by atoms with Gasteiger partial charge in [-0.1, -0.05) is 38.1 Å². The van der Waals surface area contributed by atoms with Gasteiger partial charge in [0.25, 0.3) is 0 Å². The van der Waals surface area contributed by atoms with Crippen LogP contribution in [0.15, 0.2) is 32.0 Å². The molecule has 9 heteroatoms. The molecule has 192 valence electrons. The van der Waals surface area contributed by atoms with Gasteiger partial charge in [0.2, 0.25) is 10.0 Å². The number of nitrogens with zero attached hydrogens (tertiary/aromatic N) is 3. The molecular weight excluding hydrogens is 478 g/mol. The predicted molar refractivity (Wildman–Crippen MR) is 147 cm³/mol. The molecule has 1 aromatic carbocycles. The van der Waals surface area contributed by atoms with Gasteiger partial charge in [0.15, 0.2) is 0 Å². The van der Waals surface area contributed by atoms with E-state index in [-0.39, 0.29) is 11.3 Å². The zero-order valence-electron chi connectivity index (χ0n) is 21.2. The third kappa shape index (κ3) is 6.74. The summed E-state index contributed by atoms with van der Waals surface area (Å²) in [7, 11) is -3.15. The zero-order chi connectivity index (χ0) is 25.0. The molecule has 0 bridgehead atoms. The number of hydrogen-bond donors (Lipinski definition) is 2. The maximum Gasteiger partial charge on any atom is 0.214 e. The lowest BCUT2D eigenvalue weighted by molar-refractivity contribution is 0.483. The molecule has 3 N–H and O–H groups in total. The molecule has 35 heavy (non-hydrogen) atoms. The molecule has 1 fully saturated rings. The zero-order valence-corrected chi connectivity index (χ0v) is 22.8. The lowest BCUT2D eigenvalue weighted by Gasteiger charge is -2.21. The number of amidine groups is 1. The van der Waals surface area contributed by atoms with Crippen LogP contribution in [-0.4, -0.2) is 49.5 Å². The number of fused-ring (bicyclic) bond motifs is 1. The van der Waals surface area contributed by atoms with Crippen LogP contribution in [0.4, 0.5) is 0 Å². The second-order valence-electron chi connectivity index (χ2n) is 9.89. The highest BCUT2D eigenvalue weighted by Gasteiger charge is 2.35. The molecule has 0 saturated heterocycles. The summed E-state index contributed by atoms with van der Waals surface area (Å²) in [5, 5.41) is 0.840. The van der Waals surface area contributed by atoms with Gasteiger partial charge < -0.3 is 5.73 Å². The van der Waals surface area contributed by atoms with Gasteiger partial charge in [0.05, 0.1) is 10.3 Å². The van der Waals surface area contributed by atoms with Crippen molar-refractivity contribution in [1.82, 2.24) is 4.72 Å². The van der Waals surface area contributed by atoms with E-state index in [1.165, 1.54) is 34.4 Å². The van der Waals surface area contributed by atoms with Crippen LogP contribution in [0.2, 0.25) is 0 Å². The fourth-order valence-corrected chi connectivity index (χ4v) is 7.45. The van der Waals surface area contributed by atoms with Gasteiger partial charge in [-0.25, -0.2) is 18.1 Å². The Labute approximate surface area is 214 Å². The van der Waals surface area contributed by atoms with Crippen LogP contribution in [0.3, 0.4) is 0 Å². The number of sulfonamides is 1. The minimum absolute atomic E-state index is 0.182. The van der Waals surface area contributed by atoms with Crippen LogP contribution in [0.25, 0.3) is 0 Å². The smallest absolute Gasteiger partial charge is 0.214 e. The third-order valence-electron chi connectivity index (χ3n) is 7.27. The van der Waals surface area contributed by atoms with Crippen molar-refractivity contribution < 1.29 is 8.42 Å². The van der Waals surface area contributed by atoms with Crippen molar-refractivity contribution in [3.8, 4) is 0 Å². The van der Waals surface area contributed by atoms with Crippen LogP contribution in [0.1, 0.15) is 76.0 Å². The van der Waals surface area contributed by atoms with Crippen molar-refractivity contribution in [2.75, 3.05) is 13.2 Å². The lowest BCUT2D eigenvalue weighted by atomic mass is 9.99. The molecule has 0 aromatic heterocycles. The molecule has 1 aliphatic heterocycles. The first kappa shape index (κ1) is 26.4. The van der Waals surface area contributed by atoms with Crippen molar-refractivity contribution in [2.24, 2.45) is 26.6 Å². The summed E-state index contributed by atoms with van der Waals surface area (Å²) in [6.07, 6.45) is 8.62. The Bertz CT molecular complexity index is 1100. The molecule has 4 rings (SSSR count). The van der Waals surface area contributed by atoms with Crippen molar-refractivity contribution in [3.05, 3.63) is 28.8 Å². The van der Waals surface area contributed by atoms with Crippen LogP contribution in [0.5, 0.6) is 0 Å². The molecule has 1 aromatic rings. The van der Waals surface area contributed by atoms with Crippen molar-refractivity contribution in [2.45, 2.75) is 94.7 Å². The maximum atomic E-state index is 12.2. The molecule has 2 atom stereocenters. The molecule has 1 heterocycles. The predicted octanol–water partition coefficient (Wildman–Crippen LogP) is 4.27. The highest BCUT2D eigenvalue weighted by atomic mass is 32.2. The van der Waals surface area contributed by atoms with E-state index in [0.717, 1.165) is 55.7 Å². The van der Waals surface area contributed by atoms with Gasteiger partial charge in [-0.2, -0.15) is 0 Å². The number of aliphatic imine (C=N–C) groups is 3. The summed E-state index contributed by atoms with van der Waals surface area (Å²) >= 11 is 1.75. The molecule has 2 aliphatic carbocycles. The minimum Gasteiger partial charge on any atom is -0.385 e. The standard InChI is InChI=1S/C26H39N5O2S2/c1-4-18(11-12-30-35(32,33)22-9-10-22)13-24(31-25-17(3)28-16-29-26(25)27)34-23-15-21-8-6-7-20(21)14-19(23)5-2/h14-15,18,22,25,30H,4-13,16H2,1-3H3,(H2,27,29). The monoisotopic (exact) mass is 517 g/mol. The van der Waals surface area contributed by atoms with E-state index in [4.69, 9.17) is 10.7 Å². The Balaban J connectivity index is 1.54. The number of rotatable bonds is 11. The number of thioether (sulfide) groups is 1. The van der Waals surface area contributed by atoms with E-state index >= 15 is 0 Å². The molecule has 2 unspecified atom stereocenters. The van der Waals surface area contributed by atoms with Crippen molar-refractivity contribution in [3.63, 3.8) is 0 Å². The number of nitrogens with two attached hydrogens (primary N) is 1. The Morgan fingerprint density at radius 3 is 2.63 bits per heavy atom. The number of benzene rings is 1. The largest absolute Gasteiger partial charge is 0.385 e. The highest BCUT2D eigenvalue weighted by Crippen LogP contribution is 2.34. The van der Waals surface area contributed by atoms with Gasteiger partial charge in [0.1, 0.15) is 18.5 Å². The highest BCUT2D eigenvalue weighted by molar-refractivity contribution is 8.14. The molecule has 0 spiro atoms. The van der Waals surface area contributed by atoms with Crippen LogP contribution in [-0.2, 0) is 29.3 Å². The van der Waals surface area contributed by atoms with E-state index in [9.17, 15) is 8.42 Å². The molecule has 0 amide bonds. The van der Waals surface area contributed by atoms with Gasteiger partial charge in [0, 0.05) is 17.2 Å². The minimum atomic E-state index is -3.15. The average molecular weight is 518 g/mol. The van der Waals surface area contributed by atoms with Crippen molar-refractivity contribution in [1.29, 1.82) is 0 Å². The maximum absolute atomic E-state index is 12.2. The van der Waals surface area contributed by atoms with Gasteiger partial charge in [-0.15, -0.1) is 0 Å². The van der Waals surface area contributed by atoms with E-state index in [1.54, 1.807) is 11.8 Å². The molecular formula is C26H39N5O2S2. The number of aryl methyl sites for hydroxylation is 3. The Kier molecular flexibility index (Phi) is 8.71. The van der Waals surface area contributed by atoms with Crippen molar-refractivity contribution >= 4 is 38.4 Å². The fourth-order valence-electron chi connectivity index (χ4n) is 4.79. The Morgan fingerprint density at radius 2 is 1.97 bits per heavy atom. The summed E-state index contributed by atoms with van der Waals surface area (Å²) in [4.78, 5) is 15.1. The van der Waals surface area contributed by atoms with E-state index in [0.29, 0.717) is 25.0 Å². The van der Waals surface area contributed by atoms with Gasteiger partial charge in [-0.05, 0) is 87.0 Å². The van der Waals surface area contributed by atoms with E-state index < -0.39 is 10.0 Å². The topological polar surface area (TPSA) is 109 Å². The Morgan fingerprint density at radius 1 is 1.23 bits per heavy atom. The molecule has 0 radical (unpaired) electrons. The summed E-state index contributed by atoms with van der Waals surface area (Å²) in [5.41, 5.74) is 11.5. The quantitative estimate of drug-likeness (QED) is 0.259. The summed E-state index contributed by atoms with van der Waals surface area (Å²) in [5.74, 6) is 0.840. The second-order valence-corrected chi connectivity index (χ2v) is 13.1. The lowest BCUT2D eigenvalue weighted by Crippen LogP contribution is -2.37. The molecule has 3 aliphatic rings. The first-order chi connectivity index (χ1) is 16.8. The number of nitrogens with one attached hydrogen (secondary N) is 1. The van der Waals surface area contributed by atoms with Gasteiger partial charge in [-0.3, -0.25) is 9.98 Å². The number of hydrogen-bond acceptors (Lipinski definition) is 7. The normalized spacial score (nSPS) is 21.5. The summed E-state index contributed by atoms with van der Waals surface area (Å²) < 4.78 is 27.3. The fraction of sp³-hybridized carbons (Fsp3) is 0.654. The van der Waals surface area contributed by atoms with Crippen LogP contribution >= 0.6 is 11.8 Å². The van der Waals surface area contributed by atoms with Crippen LogP contribution in [0, 0.1) is 5.92 Å². The van der Waals surface area contributed by atoms with E-state index in [2.05, 4.69) is 40.7 Å². The Hall–Kier alpha value is -1.71.